The zero-order valence-electron chi connectivity index (χ0n) is 10.8. The Balaban J connectivity index is 2.26. The summed E-state index contributed by atoms with van der Waals surface area (Å²) < 4.78 is 1.96. The number of carboxylic acid groups (broad SMARTS) is 1. The van der Waals surface area contributed by atoms with E-state index in [9.17, 15) is 9.90 Å². The Bertz CT molecular complexity index is 631. The number of hydrogen-bond donors (Lipinski definition) is 1. The first-order valence-electron chi connectivity index (χ1n) is 6.61. The van der Waals surface area contributed by atoms with E-state index in [1.807, 2.05) is 22.8 Å². The van der Waals surface area contributed by atoms with Gasteiger partial charge in [0.1, 0.15) is 6.33 Å². The first-order chi connectivity index (χ1) is 9.22. The first-order valence-corrected chi connectivity index (χ1v) is 6.61. The predicted octanol–water partition coefficient (Wildman–Crippen LogP) is 3.01. The molecule has 98 valence electrons. The highest BCUT2D eigenvalue weighted by molar-refractivity contribution is 5.87. The molecule has 2 heterocycles. The molecule has 3 rings (SSSR count). The number of hydrogen-bond acceptors (Lipinski definition) is 2. The average Bonchev–Trinajstić information content (AvgIpc) is 2.78. The van der Waals surface area contributed by atoms with Crippen LogP contribution >= 0.6 is 0 Å². The van der Waals surface area contributed by atoms with Gasteiger partial charge in [-0.2, -0.15) is 0 Å². The molecule has 1 aliphatic heterocycles. The van der Waals surface area contributed by atoms with Gasteiger partial charge in [-0.1, -0.05) is 25.1 Å². The quantitative estimate of drug-likeness (QED) is 0.898. The summed E-state index contributed by atoms with van der Waals surface area (Å²) in [4.78, 5) is 15.4. The van der Waals surface area contributed by atoms with Gasteiger partial charge in [-0.05, 0) is 30.9 Å². The van der Waals surface area contributed by atoms with Crippen molar-refractivity contribution in [3.63, 3.8) is 0 Å². The van der Waals surface area contributed by atoms with Crippen LogP contribution in [0.25, 0.3) is 5.69 Å². The number of imidazole rings is 1. The number of benzene rings is 1. The smallest absolute Gasteiger partial charge is 0.356 e. The molecule has 1 aliphatic rings. The standard InChI is InChI=1S/C15H16N2O2/c1-2-10-7-8-11-5-3-4-6-12(11)17-9-16-13(14(10)17)15(18)19/h3-6,9-10H,2,7-8H2,1H3,(H,18,19). The second-order valence-electron chi connectivity index (χ2n) is 4.93. The van der Waals surface area contributed by atoms with E-state index in [0.717, 1.165) is 30.6 Å². The van der Waals surface area contributed by atoms with E-state index in [1.54, 1.807) is 6.33 Å². The van der Waals surface area contributed by atoms with Crippen molar-refractivity contribution in [3.05, 3.63) is 47.5 Å². The molecule has 2 aromatic rings. The SMILES string of the molecule is CCC1CCc2ccccc2-n2cnc(C(=O)O)c21. The summed E-state index contributed by atoms with van der Waals surface area (Å²) in [5, 5.41) is 9.31. The van der Waals surface area contributed by atoms with Gasteiger partial charge in [0.15, 0.2) is 5.69 Å². The lowest BCUT2D eigenvalue weighted by Gasteiger charge is -2.14. The summed E-state index contributed by atoms with van der Waals surface area (Å²) in [5.74, 6) is -0.687. The van der Waals surface area contributed by atoms with Crippen LogP contribution in [0.1, 0.15) is 47.4 Å². The van der Waals surface area contributed by atoms with Gasteiger partial charge in [0.2, 0.25) is 0 Å². The van der Waals surface area contributed by atoms with Crippen LogP contribution in [0, 0.1) is 0 Å². The van der Waals surface area contributed by atoms with Gasteiger partial charge in [-0.3, -0.25) is 0 Å². The zero-order valence-corrected chi connectivity index (χ0v) is 10.8. The van der Waals surface area contributed by atoms with Crippen LogP contribution in [0.4, 0.5) is 0 Å². The molecule has 1 aromatic carbocycles. The van der Waals surface area contributed by atoms with Crippen LogP contribution in [0.2, 0.25) is 0 Å². The van der Waals surface area contributed by atoms with Crippen molar-refractivity contribution in [1.82, 2.24) is 9.55 Å². The molecule has 1 atom stereocenters. The minimum Gasteiger partial charge on any atom is -0.476 e. The maximum atomic E-state index is 11.3. The van der Waals surface area contributed by atoms with Gasteiger partial charge in [0.25, 0.3) is 0 Å². The van der Waals surface area contributed by atoms with Crippen molar-refractivity contribution >= 4 is 5.97 Å². The zero-order chi connectivity index (χ0) is 13.4. The van der Waals surface area contributed by atoms with Crippen LogP contribution in [0.5, 0.6) is 0 Å². The number of fused-ring (bicyclic) bond motifs is 3. The Kier molecular flexibility index (Phi) is 2.85. The van der Waals surface area contributed by atoms with Crippen molar-refractivity contribution in [1.29, 1.82) is 0 Å². The summed E-state index contributed by atoms with van der Waals surface area (Å²) in [7, 11) is 0. The maximum absolute atomic E-state index is 11.3. The number of nitrogens with zero attached hydrogens (tertiary/aromatic N) is 2. The molecule has 4 nitrogen and oxygen atoms in total. The average molecular weight is 256 g/mol. The lowest BCUT2D eigenvalue weighted by molar-refractivity contribution is 0.0689. The van der Waals surface area contributed by atoms with E-state index < -0.39 is 5.97 Å². The summed E-state index contributed by atoms with van der Waals surface area (Å²) in [6.45, 7) is 2.10. The topological polar surface area (TPSA) is 55.1 Å². The van der Waals surface area contributed by atoms with E-state index in [4.69, 9.17) is 0 Å². The van der Waals surface area contributed by atoms with Crippen LogP contribution < -0.4 is 0 Å². The second-order valence-corrected chi connectivity index (χ2v) is 4.93. The molecule has 19 heavy (non-hydrogen) atoms. The minimum absolute atomic E-state index is 0.198. The molecule has 1 N–H and O–H groups in total. The van der Waals surface area contributed by atoms with Crippen LogP contribution in [-0.4, -0.2) is 20.6 Å². The van der Waals surface area contributed by atoms with Crippen molar-refractivity contribution < 1.29 is 9.90 Å². The fourth-order valence-corrected chi connectivity index (χ4v) is 2.93. The number of carboxylic acids is 1. The third-order valence-corrected chi connectivity index (χ3v) is 3.90. The van der Waals surface area contributed by atoms with Crippen LogP contribution in [-0.2, 0) is 6.42 Å². The molecule has 0 fully saturated rings. The number of para-hydroxylation sites is 1. The predicted molar refractivity (Wildman–Crippen MR) is 71.9 cm³/mol. The molecule has 0 amide bonds. The van der Waals surface area contributed by atoms with Gasteiger partial charge >= 0.3 is 5.97 Å². The number of aryl methyl sites for hydroxylation is 1. The highest BCUT2D eigenvalue weighted by atomic mass is 16.4. The minimum atomic E-state index is -0.938. The second kappa shape index (κ2) is 4.53. The van der Waals surface area contributed by atoms with Crippen molar-refractivity contribution in [2.24, 2.45) is 0 Å². The molecule has 0 bridgehead atoms. The molecule has 0 spiro atoms. The molecule has 1 aromatic heterocycles. The van der Waals surface area contributed by atoms with Crippen LogP contribution in [0.3, 0.4) is 0 Å². The fraction of sp³-hybridized carbons (Fsp3) is 0.333. The van der Waals surface area contributed by atoms with E-state index in [0.29, 0.717) is 0 Å². The summed E-state index contributed by atoms with van der Waals surface area (Å²) in [6.07, 6.45) is 4.53. The molecule has 4 heteroatoms. The summed E-state index contributed by atoms with van der Waals surface area (Å²) in [6, 6.07) is 8.15. The number of aromatic nitrogens is 2. The summed E-state index contributed by atoms with van der Waals surface area (Å²) in [5.41, 5.74) is 3.37. The Labute approximate surface area is 111 Å². The normalized spacial score (nSPS) is 17.4. The molecular formula is C15H16N2O2. The van der Waals surface area contributed by atoms with E-state index in [1.165, 1.54) is 5.56 Å². The summed E-state index contributed by atoms with van der Waals surface area (Å²) >= 11 is 0. The monoisotopic (exact) mass is 256 g/mol. The van der Waals surface area contributed by atoms with Crippen molar-refractivity contribution in [3.8, 4) is 5.69 Å². The molecule has 0 aliphatic carbocycles. The Morgan fingerprint density at radius 1 is 1.47 bits per heavy atom. The lowest BCUT2D eigenvalue weighted by atomic mass is 9.94. The first kappa shape index (κ1) is 12.0. The van der Waals surface area contributed by atoms with Crippen molar-refractivity contribution in [2.75, 3.05) is 0 Å². The largest absolute Gasteiger partial charge is 0.476 e. The highest BCUT2D eigenvalue weighted by Gasteiger charge is 2.27. The highest BCUT2D eigenvalue weighted by Crippen LogP contribution is 2.34. The molecule has 0 radical (unpaired) electrons. The third kappa shape index (κ3) is 1.84. The number of carbonyl (C=O) groups is 1. The van der Waals surface area contributed by atoms with Gasteiger partial charge in [-0.25, -0.2) is 9.78 Å². The molecule has 0 saturated heterocycles. The van der Waals surface area contributed by atoms with Crippen LogP contribution in [0.15, 0.2) is 30.6 Å². The van der Waals surface area contributed by atoms with Gasteiger partial charge in [0, 0.05) is 11.6 Å². The van der Waals surface area contributed by atoms with E-state index >= 15 is 0 Å². The number of aromatic carboxylic acids is 1. The third-order valence-electron chi connectivity index (χ3n) is 3.90. The Morgan fingerprint density at radius 2 is 2.26 bits per heavy atom. The lowest BCUT2D eigenvalue weighted by Crippen LogP contribution is -2.09. The molecular weight excluding hydrogens is 240 g/mol. The fourth-order valence-electron chi connectivity index (χ4n) is 2.93. The van der Waals surface area contributed by atoms with E-state index in [-0.39, 0.29) is 11.6 Å². The molecule has 1 unspecified atom stereocenters. The van der Waals surface area contributed by atoms with Crippen molar-refractivity contribution in [2.45, 2.75) is 32.1 Å². The molecule has 0 saturated carbocycles. The van der Waals surface area contributed by atoms with Gasteiger partial charge in [0.05, 0.1) is 5.69 Å². The maximum Gasteiger partial charge on any atom is 0.356 e. The Morgan fingerprint density at radius 3 is 3.00 bits per heavy atom. The van der Waals surface area contributed by atoms with E-state index in [2.05, 4.69) is 18.0 Å². The van der Waals surface area contributed by atoms with Gasteiger partial charge in [-0.15, -0.1) is 0 Å². The number of rotatable bonds is 2. The van der Waals surface area contributed by atoms with Gasteiger partial charge < -0.3 is 9.67 Å². The Hall–Kier alpha value is -2.10.